The summed E-state index contributed by atoms with van der Waals surface area (Å²) in [6.07, 6.45) is 11.2. The maximum Gasteiger partial charge on any atom is 0.0653 e. The fourth-order valence-corrected chi connectivity index (χ4v) is 3.79. The van der Waals surface area contributed by atoms with Gasteiger partial charge in [0.25, 0.3) is 0 Å². The molecule has 0 spiro atoms. The van der Waals surface area contributed by atoms with E-state index in [0.717, 1.165) is 25.7 Å². The van der Waals surface area contributed by atoms with Crippen LogP contribution < -0.4 is 0 Å². The van der Waals surface area contributed by atoms with Gasteiger partial charge in [0.1, 0.15) is 0 Å². The summed E-state index contributed by atoms with van der Waals surface area (Å²) >= 11 is 0. The third kappa shape index (κ3) is 2.54. The molecule has 0 aliphatic heterocycles. The van der Waals surface area contributed by atoms with Gasteiger partial charge in [-0.2, -0.15) is 0 Å². The van der Waals surface area contributed by atoms with Crippen molar-refractivity contribution in [3.05, 3.63) is 0 Å². The summed E-state index contributed by atoms with van der Waals surface area (Å²) in [6, 6.07) is 0. The SMILES string of the molecule is OCCC1(CC2(O)CCCC2)CCCC1. The largest absolute Gasteiger partial charge is 0.396 e. The Hall–Kier alpha value is -0.0800. The van der Waals surface area contributed by atoms with E-state index in [0.29, 0.717) is 0 Å². The molecule has 2 aliphatic carbocycles. The Balaban J connectivity index is 1.99. The smallest absolute Gasteiger partial charge is 0.0653 e. The van der Waals surface area contributed by atoms with E-state index in [9.17, 15) is 5.11 Å². The van der Waals surface area contributed by atoms with Gasteiger partial charge in [0.05, 0.1) is 5.60 Å². The lowest BCUT2D eigenvalue weighted by Crippen LogP contribution is -2.34. The molecule has 0 saturated heterocycles. The van der Waals surface area contributed by atoms with Crippen LogP contribution in [0.5, 0.6) is 0 Å². The second-order valence-corrected chi connectivity index (χ2v) is 5.79. The van der Waals surface area contributed by atoms with Crippen LogP contribution in [0.4, 0.5) is 0 Å². The molecular formula is C13H24O2. The van der Waals surface area contributed by atoms with Gasteiger partial charge in [-0.15, -0.1) is 0 Å². The van der Waals surface area contributed by atoms with Crippen LogP contribution in [-0.4, -0.2) is 22.4 Å². The molecule has 0 aromatic carbocycles. The van der Waals surface area contributed by atoms with E-state index in [-0.39, 0.29) is 17.6 Å². The Kier molecular flexibility index (Phi) is 3.36. The van der Waals surface area contributed by atoms with Crippen molar-refractivity contribution in [3.8, 4) is 0 Å². The van der Waals surface area contributed by atoms with Gasteiger partial charge in [0.2, 0.25) is 0 Å². The Morgan fingerprint density at radius 1 is 0.867 bits per heavy atom. The fraction of sp³-hybridized carbons (Fsp3) is 1.00. The van der Waals surface area contributed by atoms with E-state index in [1.165, 1.54) is 38.5 Å². The summed E-state index contributed by atoms with van der Waals surface area (Å²) in [4.78, 5) is 0. The topological polar surface area (TPSA) is 40.5 Å². The lowest BCUT2D eigenvalue weighted by Gasteiger charge is -2.36. The van der Waals surface area contributed by atoms with E-state index in [4.69, 9.17) is 5.11 Å². The van der Waals surface area contributed by atoms with Crippen LogP contribution in [-0.2, 0) is 0 Å². The molecule has 0 unspecified atom stereocenters. The van der Waals surface area contributed by atoms with E-state index >= 15 is 0 Å². The normalized spacial score (nSPS) is 28.4. The summed E-state index contributed by atoms with van der Waals surface area (Å²) in [7, 11) is 0. The van der Waals surface area contributed by atoms with E-state index < -0.39 is 0 Å². The highest BCUT2D eigenvalue weighted by Crippen LogP contribution is 2.49. The van der Waals surface area contributed by atoms with Crippen molar-refractivity contribution in [2.45, 2.75) is 69.8 Å². The van der Waals surface area contributed by atoms with Gasteiger partial charge in [-0.05, 0) is 43.9 Å². The van der Waals surface area contributed by atoms with Crippen LogP contribution in [0.25, 0.3) is 0 Å². The van der Waals surface area contributed by atoms with Gasteiger partial charge in [-0.25, -0.2) is 0 Å². The Morgan fingerprint density at radius 3 is 1.93 bits per heavy atom. The van der Waals surface area contributed by atoms with Gasteiger partial charge >= 0.3 is 0 Å². The molecule has 0 radical (unpaired) electrons. The maximum absolute atomic E-state index is 10.5. The number of rotatable bonds is 4. The summed E-state index contributed by atoms with van der Waals surface area (Å²) in [5.74, 6) is 0. The van der Waals surface area contributed by atoms with Gasteiger partial charge in [0, 0.05) is 6.61 Å². The Labute approximate surface area is 92.7 Å². The molecule has 2 N–H and O–H groups in total. The summed E-state index contributed by atoms with van der Waals surface area (Å²) in [5, 5.41) is 19.6. The van der Waals surface area contributed by atoms with Crippen molar-refractivity contribution in [1.82, 2.24) is 0 Å². The molecule has 88 valence electrons. The van der Waals surface area contributed by atoms with E-state index in [1.807, 2.05) is 0 Å². The van der Waals surface area contributed by atoms with Crippen LogP contribution in [0.15, 0.2) is 0 Å². The van der Waals surface area contributed by atoms with Crippen molar-refractivity contribution in [2.75, 3.05) is 6.61 Å². The monoisotopic (exact) mass is 212 g/mol. The molecule has 2 nitrogen and oxygen atoms in total. The lowest BCUT2D eigenvalue weighted by atomic mass is 9.73. The molecule has 2 saturated carbocycles. The maximum atomic E-state index is 10.5. The first-order chi connectivity index (χ1) is 7.18. The van der Waals surface area contributed by atoms with Crippen molar-refractivity contribution in [3.63, 3.8) is 0 Å². The molecule has 0 atom stereocenters. The second-order valence-electron chi connectivity index (χ2n) is 5.79. The van der Waals surface area contributed by atoms with Crippen LogP contribution in [0, 0.1) is 5.41 Å². The van der Waals surface area contributed by atoms with Crippen LogP contribution >= 0.6 is 0 Å². The third-order valence-corrected chi connectivity index (χ3v) is 4.54. The molecule has 15 heavy (non-hydrogen) atoms. The van der Waals surface area contributed by atoms with Crippen LogP contribution in [0.3, 0.4) is 0 Å². The Morgan fingerprint density at radius 2 is 1.40 bits per heavy atom. The summed E-state index contributed by atoms with van der Waals surface area (Å²) in [6.45, 7) is 0.288. The highest BCUT2D eigenvalue weighted by molar-refractivity contribution is 4.95. The minimum atomic E-state index is -0.389. The van der Waals surface area contributed by atoms with Crippen LogP contribution in [0.1, 0.15) is 64.2 Å². The molecule has 0 aromatic rings. The van der Waals surface area contributed by atoms with Crippen molar-refractivity contribution >= 4 is 0 Å². The van der Waals surface area contributed by atoms with Crippen molar-refractivity contribution in [1.29, 1.82) is 0 Å². The zero-order chi connectivity index (χ0) is 10.8. The molecule has 0 bridgehead atoms. The van der Waals surface area contributed by atoms with Crippen molar-refractivity contribution in [2.24, 2.45) is 5.41 Å². The molecule has 2 fully saturated rings. The first-order valence-corrected chi connectivity index (χ1v) is 6.51. The zero-order valence-corrected chi connectivity index (χ0v) is 9.67. The molecular weight excluding hydrogens is 188 g/mol. The third-order valence-electron chi connectivity index (χ3n) is 4.54. The average Bonchev–Trinajstić information content (AvgIpc) is 2.77. The Bertz CT molecular complexity index is 201. The molecule has 0 aromatic heterocycles. The van der Waals surface area contributed by atoms with Gasteiger partial charge in [-0.1, -0.05) is 25.7 Å². The van der Waals surface area contributed by atoms with E-state index in [1.54, 1.807) is 0 Å². The zero-order valence-electron chi connectivity index (χ0n) is 9.67. The fourth-order valence-electron chi connectivity index (χ4n) is 3.79. The van der Waals surface area contributed by atoms with Gasteiger partial charge in [-0.3, -0.25) is 0 Å². The predicted molar refractivity (Wildman–Crippen MR) is 60.6 cm³/mol. The van der Waals surface area contributed by atoms with Crippen molar-refractivity contribution < 1.29 is 10.2 Å². The average molecular weight is 212 g/mol. The molecule has 2 aliphatic rings. The standard InChI is InChI=1S/C13H24O2/c14-10-9-12(5-1-2-6-12)11-13(15)7-3-4-8-13/h14-15H,1-11H2. The predicted octanol–water partition coefficient (Wildman–Crippen LogP) is 2.62. The first-order valence-electron chi connectivity index (χ1n) is 6.51. The number of aliphatic hydroxyl groups excluding tert-OH is 1. The van der Waals surface area contributed by atoms with E-state index in [2.05, 4.69) is 0 Å². The van der Waals surface area contributed by atoms with Gasteiger partial charge in [0.15, 0.2) is 0 Å². The summed E-state index contributed by atoms with van der Waals surface area (Å²) < 4.78 is 0. The number of hydrogen-bond donors (Lipinski definition) is 2. The highest BCUT2D eigenvalue weighted by Gasteiger charge is 2.42. The quantitative estimate of drug-likeness (QED) is 0.752. The minimum absolute atomic E-state index is 0.272. The molecule has 0 heterocycles. The lowest BCUT2D eigenvalue weighted by molar-refractivity contribution is -0.0112. The first kappa shape index (κ1) is 11.4. The number of hydrogen-bond acceptors (Lipinski definition) is 2. The summed E-state index contributed by atoms with van der Waals surface area (Å²) in [5.41, 5.74) is -0.118. The van der Waals surface area contributed by atoms with Gasteiger partial charge < -0.3 is 10.2 Å². The molecule has 2 rings (SSSR count). The van der Waals surface area contributed by atoms with Crippen LogP contribution in [0.2, 0.25) is 0 Å². The molecule has 2 heteroatoms. The second kappa shape index (κ2) is 4.42. The highest BCUT2D eigenvalue weighted by atomic mass is 16.3. The molecule has 0 amide bonds. The minimum Gasteiger partial charge on any atom is -0.396 e. The number of aliphatic hydroxyl groups is 2.